The van der Waals surface area contributed by atoms with Gasteiger partial charge in [-0.15, -0.1) is 0 Å². The molecule has 1 amide bonds. The van der Waals surface area contributed by atoms with Crippen molar-refractivity contribution in [2.24, 2.45) is 11.8 Å². The minimum Gasteiger partial charge on any atom is -0.337 e. The zero-order valence-corrected chi connectivity index (χ0v) is 15.2. The van der Waals surface area contributed by atoms with Crippen LogP contribution in [0.2, 0.25) is 0 Å². The van der Waals surface area contributed by atoms with Crippen LogP contribution in [0.4, 0.5) is 0 Å². The molecule has 2 aliphatic heterocycles. The second-order valence-corrected chi connectivity index (χ2v) is 7.87. The van der Waals surface area contributed by atoms with E-state index in [0.29, 0.717) is 18.0 Å². The van der Waals surface area contributed by atoms with Crippen molar-refractivity contribution in [3.8, 4) is 0 Å². The molecule has 22 heavy (non-hydrogen) atoms. The Morgan fingerprint density at radius 2 is 1.68 bits per heavy atom. The van der Waals surface area contributed by atoms with E-state index in [1.165, 1.54) is 32.5 Å². The first-order valence-electron chi connectivity index (χ1n) is 9.15. The minimum atomic E-state index is 0.120. The lowest BCUT2D eigenvalue weighted by atomic mass is 9.94. The Balaban J connectivity index is 1.76. The van der Waals surface area contributed by atoms with E-state index in [1.54, 1.807) is 0 Å². The van der Waals surface area contributed by atoms with E-state index in [0.717, 1.165) is 25.6 Å². The molecule has 0 unspecified atom stereocenters. The van der Waals surface area contributed by atoms with Crippen LogP contribution in [0.1, 0.15) is 47.5 Å². The molecular formula is C18H35N3O. The molecule has 128 valence electrons. The second-order valence-electron chi connectivity index (χ2n) is 7.87. The number of nitrogens with zero attached hydrogens (tertiary/aromatic N) is 3. The summed E-state index contributed by atoms with van der Waals surface area (Å²) in [5.74, 6) is 1.28. The fourth-order valence-electron chi connectivity index (χ4n) is 3.87. The van der Waals surface area contributed by atoms with E-state index in [4.69, 9.17) is 0 Å². The maximum atomic E-state index is 12.2. The number of piperazine rings is 1. The molecule has 0 spiro atoms. The van der Waals surface area contributed by atoms with Gasteiger partial charge in [0.1, 0.15) is 0 Å². The molecule has 0 N–H and O–H groups in total. The van der Waals surface area contributed by atoms with Gasteiger partial charge in [-0.3, -0.25) is 9.69 Å². The molecule has 4 nitrogen and oxygen atoms in total. The summed E-state index contributed by atoms with van der Waals surface area (Å²) in [5.41, 5.74) is 0. The number of hydrogen-bond donors (Lipinski definition) is 0. The molecule has 2 rings (SSSR count). The van der Waals surface area contributed by atoms with Crippen LogP contribution in [0.3, 0.4) is 0 Å². The summed E-state index contributed by atoms with van der Waals surface area (Å²) in [6.45, 7) is 17.5. The van der Waals surface area contributed by atoms with Crippen molar-refractivity contribution in [3.63, 3.8) is 0 Å². The van der Waals surface area contributed by atoms with Crippen LogP contribution in [-0.2, 0) is 4.79 Å². The summed E-state index contributed by atoms with van der Waals surface area (Å²) in [6.07, 6.45) is 2.66. The van der Waals surface area contributed by atoms with Crippen molar-refractivity contribution < 1.29 is 4.79 Å². The SMILES string of the molecule is CC(C)C(=O)N1CCN(CC2CCN(C(C)C)CC2)C[C@H]1C. The minimum absolute atomic E-state index is 0.120. The van der Waals surface area contributed by atoms with Crippen LogP contribution >= 0.6 is 0 Å². The molecular weight excluding hydrogens is 274 g/mol. The predicted octanol–water partition coefficient (Wildman–Crippen LogP) is 2.30. The molecule has 0 aliphatic carbocycles. The third-order valence-electron chi connectivity index (χ3n) is 5.38. The Kier molecular flexibility index (Phi) is 6.27. The normalized spacial score (nSPS) is 26.1. The van der Waals surface area contributed by atoms with E-state index < -0.39 is 0 Å². The number of carbonyl (C=O) groups excluding carboxylic acids is 1. The van der Waals surface area contributed by atoms with Crippen molar-refractivity contribution in [2.45, 2.75) is 59.5 Å². The van der Waals surface area contributed by atoms with Gasteiger partial charge in [-0.25, -0.2) is 0 Å². The van der Waals surface area contributed by atoms with E-state index in [1.807, 2.05) is 13.8 Å². The van der Waals surface area contributed by atoms with Crippen LogP contribution in [0, 0.1) is 11.8 Å². The summed E-state index contributed by atoms with van der Waals surface area (Å²) in [5, 5.41) is 0. The molecule has 0 saturated carbocycles. The molecule has 1 atom stereocenters. The summed E-state index contributed by atoms with van der Waals surface area (Å²) in [6, 6.07) is 1.05. The van der Waals surface area contributed by atoms with Gasteiger partial charge in [-0.1, -0.05) is 13.8 Å². The van der Waals surface area contributed by atoms with Crippen molar-refractivity contribution >= 4 is 5.91 Å². The highest BCUT2D eigenvalue weighted by Gasteiger charge is 2.30. The fraction of sp³-hybridized carbons (Fsp3) is 0.944. The van der Waals surface area contributed by atoms with Crippen molar-refractivity contribution in [1.29, 1.82) is 0 Å². The quantitative estimate of drug-likeness (QED) is 0.797. The molecule has 2 saturated heterocycles. The Morgan fingerprint density at radius 1 is 1.05 bits per heavy atom. The summed E-state index contributed by atoms with van der Waals surface area (Å²) < 4.78 is 0. The number of hydrogen-bond acceptors (Lipinski definition) is 3. The molecule has 2 aliphatic rings. The molecule has 0 bridgehead atoms. The van der Waals surface area contributed by atoms with Gasteiger partial charge in [0.15, 0.2) is 0 Å². The Labute approximate surface area is 136 Å². The van der Waals surface area contributed by atoms with Gasteiger partial charge < -0.3 is 9.80 Å². The number of likely N-dealkylation sites (tertiary alicyclic amines) is 1. The summed E-state index contributed by atoms with van der Waals surface area (Å²) in [7, 11) is 0. The van der Waals surface area contributed by atoms with Gasteiger partial charge in [0.25, 0.3) is 0 Å². The van der Waals surface area contributed by atoms with Crippen molar-refractivity contribution in [2.75, 3.05) is 39.3 Å². The van der Waals surface area contributed by atoms with Crippen LogP contribution < -0.4 is 0 Å². The summed E-state index contributed by atoms with van der Waals surface area (Å²) >= 11 is 0. The lowest BCUT2D eigenvalue weighted by Gasteiger charge is -2.43. The fourth-order valence-corrected chi connectivity index (χ4v) is 3.87. The van der Waals surface area contributed by atoms with E-state index in [9.17, 15) is 4.79 Å². The Hall–Kier alpha value is -0.610. The van der Waals surface area contributed by atoms with Crippen LogP contribution in [0.15, 0.2) is 0 Å². The summed E-state index contributed by atoms with van der Waals surface area (Å²) in [4.78, 5) is 19.5. The van der Waals surface area contributed by atoms with E-state index in [2.05, 4.69) is 35.5 Å². The Bertz CT molecular complexity index is 361. The molecule has 0 aromatic rings. The van der Waals surface area contributed by atoms with Crippen molar-refractivity contribution in [1.82, 2.24) is 14.7 Å². The molecule has 2 heterocycles. The predicted molar refractivity (Wildman–Crippen MR) is 91.9 cm³/mol. The van der Waals surface area contributed by atoms with Gasteiger partial charge in [-0.05, 0) is 52.6 Å². The van der Waals surface area contributed by atoms with Crippen molar-refractivity contribution in [3.05, 3.63) is 0 Å². The van der Waals surface area contributed by atoms with Gasteiger partial charge in [0.05, 0.1) is 0 Å². The molecule has 2 fully saturated rings. The molecule has 0 radical (unpaired) electrons. The largest absolute Gasteiger partial charge is 0.337 e. The van der Waals surface area contributed by atoms with E-state index in [-0.39, 0.29) is 5.92 Å². The highest BCUT2D eigenvalue weighted by molar-refractivity contribution is 5.78. The lowest BCUT2D eigenvalue weighted by molar-refractivity contribution is -0.139. The highest BCUT2D eigenvalue weighted by atomic mass is 16.2. The number of amides is 1. The maximum Gasteiger partial charge on any atom is 0.225 e. The van der Waals surface area contributed by atoms with Gasteiger partial charge in [0, 0.05) is 44.2 Å². The Morgan fingerprint density at radius 3 is 2.18 bits per heavy atom. The first-order chi connectivity index (χ1) is 10.4. The molecule has 0 aromatic carbocycles. The van der Waals surface area contributed by atoms with Crippen LogP contribution in [0.5, 0.6) is 0 Å². The zero-order chi connectivity index (χ0) is 16.3. The number of carbonyl (C=O) groups is 1. The highest BCUT2D eigenvalue weighted by Crippen LogP contribution is 2.22. The molecule has 4 heteroatoms. The number of rotatable bonds is 4. The molecule has 0 aromatic heterocycles. The maximum absolute atomic E-state index is 12.2. The second kappa shape index (κ2) is 7.78. The zero-order valence-electron chi connectivity index (χ0n) is 15.2. The van der Waals surface area contributed by atoms with E-state index >= 15 is 0 Å². The third-order valence-corrected chi connectivity index (χ3v) is 5.38. The third kappa shape index (κ3) is 4.45. The van der Waals surface area contributed by atoms with Gasteiger partial charge in [0.2, 0.25) is 5.91 Å². The van der Waals surface area contributed by atoms with Gasteiger partial charge >= 0.3 is 0 Å². The lowest BCUT2D eigenvalue weighted by Crippen LogP contribution is -2.56. The standard InChI is InChI=1S/C18H35N3O/c1-14(2)18(22)21-11-10-19(12-16(21)5)13-17-6-8-20(9-7-17)15(3)4/h14-17H,6-13H2,1-5H3/t16-/m1/s1. The van der Waals surface area contributed by atoms with Crippen LogP contribution in [-0.4, -0.2) is 72.0 Å². The smallest absolute Gasteiger partial charge is 0.225 e. The monoisotopic (exact) mass is 309 g/mol. The average molecular weight is 309 g/mol. The topological polar surface area (TPSA) is 26.8 Å². The number of piperidine rings is 1. The van der Waals surface area contributed by atoms with Crippen LogP contribution in [0.25, 0.3) is 0 Å². The first-order valence-corrected chi connectivity index (χ1v) is 9.15. The first kappa shape index (κ1) is 17.7. The van der Waals surface area contributed by atoms with Gasteiger partial charge in [-0.2, -0.15) is 0 Å². The average Bonchev–Trinajstić information content (AvgIpc) is 2.47.